The summed E-state index contributed by atoms with van der Waals surface area (Å²) >= 11 is 10.3. The van der Waals surface area contributed by atoms with Crippen LogP contribution in [0, 0.1) is 0 Å². The zero-order chi connectivity index (χ0) is 13.4. The summed E-state index contributed by atoms with van der Waals surface area (Å²) in [6.07, 6.45) is 0. The summed E-state index contributed by atoms with van der Waals surface area (Å²) < 4.78 is 10.2. The van der Waals surface area contributed by atoms with Crippen molar-refractivity contribution in [2.45, 2.75) is 13.2 Å². The van der Waals surface area contributed by atoms with Gasteiger partial charge in [-0.2, -0.15) is 0 Å². The number of carbonyl (C=O) groups is 2. The zero-order valence-corrected chi connectivity index (χ0v) is 11.0. The van der Waals surface area contributed by atoms with Gasteiger partial charge in [-0.3, -0.25) is 9.59 Å². The molecule has 18 heavy (non-hydrogen) atoms. The van der Waals surface area contributed by atoms with Gasteiger partial charge in [0.1, 0.15) is 13.2 Å². The Hall–Kier alpha value is -0.940. The molecule has 0 unspecified atom stereocenters. The standard InChI is InChI=1S/C12H12Cl2O4/c13-11(15)7-17-5-9-3-1-2-4-10(9)6-18-8-12(14)16/h1-4H,5-8H2. The van der Waals surface area contributed by atoms with Crippen molar-refractivity contribution < 1.29 is 19.1 Å². The first-order valence-corrected chi connectivity index (χ1v) is 5.94. The fourth-order valence-electron chi connectivity index (χ4n) is 1.32. The van der Waals surface area contributed by atoms with Crippen LogP contribution in [0.15, 0.2) is 24.3 Å². The summed E-state index contributed by atoms with van der Waals surface area (Å²) in [5.74, 6) is 0. The van der Waals surface area contributed by atoms with Gasteiger partial charge in [-0.05, 0) is 34.3 Å². The van der Waals surface area contributed by atoms with Crippen LogP contribution in [0.4, 0.5) is 0 Å². The molecule has 0 saturated carbocycles. The number of benzene rings is 1. The van der Waals surface area contributed by atoms with Crippen LogP contribution < -0.4 is 0 Å². The van der Waals surface area contributed by atoms with E-state index in [1.807, 2.05) is 24.3 Å². The summed E-state index contributed by atoms with van der Waals surface area (Å²) in [6.45, 7) is 0.230. The molecule has 0 aliphatic rings. The third kappa shape index (κ3) is 6.12. The average molecular weight is 291 g/mol. The minimum absolute atomic E-state index is 0.142. The Morgan fingerprint density at radius 2 is 1.28 bits per heavy atom. The van der Waals surface area contributed by atoms with Crippen molar-refractivity contribution in [1.29, 1.82) is 0 Å². The normalized spacial score (nSPS) is 10.3. The summed E-state index contributed by atoms with van der Waals surface area (Å²) in [7, 11) is 0. The van der Waals surface area contributed by atoms with Crippen LogP contribution in [0.2, 0.25) is 0 Å². The third-order valence-corrected chi connectivity index (χ3v) is 2.28. The zero-order valence-electron chi connectivity index (χ0n) is 9.53. The Morgan fingerprint density at radius 3 is 1.61 bits per heavy atom. The van der Waals surface area contributed by atoms with Crippen LogP contribution >= 0.6 is 23.2 Å². The Labute approximate surface area is 115 Å². The van der Waals surface area contributed by atoms with E-state index in [4.69, 9.17) is 32.7 Å². The molecule has 0 bridgehead atoms. The molecule has 6 heteroatoms. The van der Waals surface area contributed by atoms with E-state index in [9.17, 15) is 9.59 Å². The van der Waals surface area contributed by atoms with E-state index in [0.29, 0.717) is 0 Å². The van der Waals surface area contributed by atoms with E-state index in [2.05, 4.69) is 0 Å². The first kappa shape index (κ1) is 15.1. The van der Waals surface area contributed by atoms with E-state index < -0.39 is 10.5 Å². The summed E-state index contributed by atoms with van der Waals surface area (Å²) in [5.41, 5.74) is 1.75. The van der Waals surface area contributed by atoms with Gasteiger partial charge in [0.15, 0.2) is 0 Å². The van der Waals surface area contributed by atoms with Gasteiger partial charge < -0.3 is 9.47 Å². The number of hydrogen-bond donors (Lipinski definition) is 0. The lowest BCUT2D eigenvalue weighted by atomic mass is 10.1. The van der Waals surface area contributed by atoms with Gasteiger partial charge in [-0.25, -0.2) is 0 Å². The first-order valence-electron chi connectivity index (χ1n) is 5.18. The predicted octanol–water partition coefficient (Wildman–Crippen LogP) is 2.25. The van der Waals surface area contributed by atoms with Crippen molar-refractivity contribution in [2.75, 3.05) is 13.2 Å². The highest BCUT2D eigenvalue weighted by molar-refractivity contribution is 6.64. The Kier molecular flexibility index (Phi) is 6.90. The van der Waals surface area contributed by atoms with Crippen molar-refractivity contribution in [3.05, 3.63) is 35.4 Å². The minimum Gasteiger partial charge on any atom is -0.368 e. The molecule has 1 rings (SSSR count). The van der Waals surface area contributed by atoms with Gasteiger partial charge in [0.25, 0.3) is 0 Å². The number of halogens is 2. The topological polar surface area (TPSA) is 52.6 Å². The van der Waals surface area contributed by atoms with Gasteiger partial charge in [0.05, 0.1) is 13.2 Å². The fourth-order valence-corrected chi connectivity index (χ4v) is 1.48. The van der Waals surface area contributed by atoms with Crippen LogP contribution in [-0.4, -0.2) is 23.7 Å². The second-order valence-electron chi connectivity index (χ2n) is 3.46. The Bertz CT molecular complexity index is 381. The minimum atomic E-state index is -0.545. The molecule has 0 fully saturated rings. The second-order valence-corrected chi connectivity index (χ2v) is 4.31. The van der Waals surface area contributed by atoms with Crippen LogP contribution in [0.5, 0.6) is 0 Å². The van der Waals surface area contributed by atoms with E-state index in [1.54, 1.807) is 0 Å². The van der Waals surface area contributed by atoms with Crippen molar-refractivity contribution in [1.82, 2.24) is 0 Å². The molecule has 0 saturated heterocycles. The van der Waals surface area contributed by atoms with E-state index >= 15 is 0 Å². The summed E-state index contributed by atoms with van der Waals surface area (Å²) in [5, 5.41) is -1.09. The van der Waals surface area contributed by atoms with Gasteiger partial charge >= 0.3 is 0 Å². The van der Waals surface area contributed by atoms with Gasteiger partial charge in [0, 0.05) is 0 Å². The van der Waals surface area contributed by atoms with E-state index in [-0.39, 0.29) is 26.4 Å². The summed E-state index contributed by atoms with van der Waals surface area (Å²) in [4.78, 5) is 21.1. The van der Waals surface area contributed by atoms with Crippen molar-refractivity contribution in [3.8, 4) is 0 Å². The number of rotatable bonds is 8. The lowest BCUT2D eigenvalue weighted by molar-refractivity contribution is -0.117. The molecule has 0 aliphatic carbocycles. The Morgan fingerprint density at radius 1 is 0.889 bits per heavy atom. The molecule has 4 nitrogen and oxygen atoms in total. The molecule has 1 aromatic rings. The molecular weight excluding hydrogens is 279 g/mol. The lowest BCUT2D eigenvalue weighted by Gasteiger charge is -2.09. The highest BCUT2D eigenvalue weighted by Gasteiger charge is 2.04. The molecule has 0 radical (unpaired) electrons. The molecular formula is C12H12Cl2O4. The maximum Gasteiger partial charge on any atom is 0.247 e. The molecule has 0 spiro atoms. The largest absolute Gasteiger partial charge is 0.368 e. The predicted molar refractivity (Wildman–Crippen MR) is 67.5 cm³/mol. The fraction of sp³-hybridized carbons (Fsp3) is 0.333. The van der Waals surface area contributed by atoms with Crippen LogP contribution in [0.25, 0.3) is 0 Å². The highest BCUT2D eigenvalue weighted by atomic mass is 35.5. The first-order chi connectivity index (χ1) is 8.59. The van der Waals surface area contributed by atoms with Crippen molar-refractivity contribution >= 4 is 33.7 Å². The monoisotopic (exact) mass is 290 g/mol. The van der Waals surface area contributed by atoms with Crippen LogP contribution in [0.1, 0.15) is 11.1 Å². The van der Waals surface area contributed by atoms with Gasteiger partial charge in [-0.1, -0.05) is 24.3 Å². The molecule has 0 amide bonds. The van der Waals surface area contributed by atoms with Crippen LogP contribution in [-0.2, 0) is 32.3 Å². The van der Waals surface area contributed by atoms with E-state index in [0.717, 1.165) is 11.1 Å². The van der Waals surface area contributed by atoms with Gasteiger partial charge in [0.2, 0.25) is 10.5 Å². The van der Waals surface area contributed by atoms with E-state index in [1.165, 1.54) is 0 Å². The SMILES string of the molecule is O=C(Cl)COCc1ccccc1COCC(=O)Cl. The van der Waals surface area contributed by atoms with Gasteiger partial charge in [-0.15, -0.1) is 0 Å². The lowest BCUT2D eigenvalue weighted by Crippen LogP contribution is -2.06. The summed E-state index contributed by atoms with van der Waals surface area (Å²) in [6, 6.07) is 7.38. The quantitative estimate of drug-likeness (QED) is 0.689. The second kappa shape index (κ2) is 8.21. The van der Waals surface area contributed by atoms with Crippen LogP contribution in [0.3, 0.4) is 0 Å². The highest BCUT2D eigenvalue weighted by Crippen LogP contribution is 2.11. The third-order valence-electron chi connectivity index (χ3n) is 2.06. The molecule has 0 atom stereocenters. The smallest absolute Gasteiger partial charge is 0.247 e. The molecule has 0 aliphatic heterocycles. The average Bonchev–Trinajstić information content (AvgIpc) is 2.30. The molecule has 0 heterocycles. The number of carbonyl (C=O) groups excluding carboxylic acids is 2. The maximum atomic E-state index is 10.5. The molecule has 98 valence electrons. The van der Waals surface area contributed by atoms with Crippen molar-refractivity contribution in [2.24, 2.45) is 0 Å². The molecule has 1 aromatic carbocycles. The van der Waals surface area contributed by atoms with Crippen molar-refractivity contribution in [3.63, 3.8) is 0 Å². The number of hydrogen-bond acceptors (Lipinski definition) is 4. The number of ether oxygens (including phenoxy) is 2. The maximum absolute atomic E-state index is 10.5. The molecule has 0 aromatic heterocycles. The Balaban J connectivity index is 2.50. The molecule has 0 N–H and O–H groups in total.